The van der Waals surface area contributed by atoms with Crippen molar-refractivity contribution in [2.24, 2.45) is 0 Å². The number of aromatic hydroxyl groups is 1. The van der Waals surface area contributed by atoms with Crippen LogP contribution in [0.25, 0.3) is 0 Å². The minimum Gasteiger partial charge on any atom is -0.506 e. The molecule has 0 unspecified atom stereocenters. The quantitative estimate of drug-likeness (QED) is 0.731. The Morgan fingerprint density at radius 3 is 2.83 bits per heavy atom. The number of carboxylic acid groups (broad SMARTS) is 1. The van der Waals surface area contributed by atoms with Gasteiger partial charge in [0.25, 0.3) is 0 Å². The molecule has 3 N–H and O–H groups in total. The van der Waals surface area contributed by atoms with Crippen molar-refractivity contribution in [1.29, 1.82) is 0 Å². The fourth-order valence-electron chi connectivity index (χ4n) is 1.43. The maximum Gasteiger partial charge on any atom is 0.307 e. The third-order valence-electron chi connectivity index (χ3n) is 2.18. The summed E-state index contributed by atoms with van der Waals surface area (Å²) in [6, 6.07) is 4.61. The van der Waals surface area contributed by atoms with Crippen LogP contribution in [0, 0.1) is 6.92 Å². The van der Waals surface area contributed by atoms with E-state index in [0.717, 1.165) is 5.01 Å². The first-order chi connectivity index (χ1) is 8.54. The molecule has 0 spiro atoms. The van der Waals surface area contributed by atoms with Crippen LogP contribution < -0.4 is 5.32 Å². The Morgan fingerprint density at radius 1 is 1.44 bits per heavy atom. The molecule has 0 saturated heterocycles. The standard InChI is InChI=1S/C11H11N3O3S/c1-6-13-14-11(18-6)12-8-4-7(5-10(16)17)2-3-9(8)15/h2-4,15H,5H2,1H3,(H,12,14)(H,16,17). The lowest BCUT2D eigenvalue weighted by Crippen LogP contribution is -2.00. The molecule has 1 heterocycles. The average Bonchev–Trinajstić information content (AvgIpc) is 2.68. The maximum absolute atomic E-state index is 10.6. The van der Waals surface area contributed by atoms with Crippen molar-refractivity contribution in [1.82, 2.24) is 10.2 Å². The Balaban J connectivity index is 2.23. The van der Waals surface area contributed by atoms with Gasteiger partial charge in [-0.25, -0.2) is 0 Å². The van der Waals surface area contributed by atoms with Crippen molar-refractivity contribution in [3.05, 3.63) is 28.8 Å². The normalized spacial score (nSPS) is 10.3. The highest BCUT2D eigenvalue weighted by molar-refractivity contribution is 7.15. The molecule has 0 aliphatic rings. The van der Waals surface area contributed by atoms with Gasteiger partial charge in [-0.3, -0.25) is 4.79 Å². The second-order valence-electron chi connectivity index (χ2n) is 3.67. The average molecular weight is 265 g/mol. The lowest BCUT2D eigenvalue weighted by molar-refractivity contribution is -0.136. The summed E-state index contributed by atoms with van der Waals surface area (Å²) < 4.78 is 0. The van der Waals surface area contributed by atoms with E-state index in [-0.39, 0.29) is 12.2 Å². The SMILES string of the molecule is Cc1nnc(Nc2cc(CC(=O)O)ccc2O)s1. The minimum absolute atomic E-state index is 0.0389. The zero-order valence-corrected chi connectivity index (χ0v) is 10.4. The van der Waals surface area contributed by atoms with Crippen LogP contribution in [-0.4, -0.2) is 26.4 Å². The van der Waals surface area contributed by atoms with Crippen LogP contribution in [-0.2, 0) is 11.2 Å². The zero-order chi connectivity index (χ0) is 13.1. The summed E-state index contributed by atoms with van der Waals surface area (Å²) in [6.45, 7) is 1.82. The Kier molecular flexibility index (Phi) is 3.42. The second kappa shape index (κ2) is 5.01. The Bertz CT molecular complexity index is 583. The van der Waals surface area contributed by atoms with Crippen LogP contribution in [0.3, 0.4) is 0 Å². The predicted molar refractivity (Wildman–Crippen MR) is 67.4 cm³/mol. The maximum atomic E-state index is 10.6. The number of hydrogen-bond acceptors (Lipinski definition) is 6. The van der Waals surface area contributed by atoms with Gasteiger partial charge in [-0.15, -0.1) is 10.2 Å². The van der Waals surface area contributed by atoms with E-state index in [1.165, 1.54) is 17.4 Å². The number of phenols is 1. The third-order valence-corrected chi connectivity index (χ3v) is 2.94. The molecule has 0 amide bonds. The molecule has 0 radical (unpaired) electrons. The van der Waals surface area contributed by atoms with Gasteiger partial charge in [0.2, 0.25) is 5.13 Å². The number of aromatic nitrogens is 2. The molecular weight excluding hydrogens is 254 g/mol. The van der Waals surface area contributed by atoms with Crippen LogP contribution in [0.5, 0.6) is 5.75 Å². The van der Waals surface area contributed by atoms with Gasteiger partial charge in [-0.2, -0.15) is 0 Å². The molecule has 1 aromatic carbocycles. The number of hydrogen-bond donors (Lipinski definition) is 3. The van der Waals surface area contributed by atoms with Crippen molar-refractivity contribution in [3.63, 3.8) is 0 Å². The number of nitrogens with zero attached hydrogens (tertiary/aromatic N) is 2. The van der Waals surface area contributed by atoms with Gasteiger partial charge >= 0.3 is 5.97 Å². The summed E-state index contributed by atoms with van der Waals surface area (Å²) in [5.41, 5.74) is 1.02. The Morgan fingerprint density at radius 2 is 2.22 bits per heavy atom. The predicted octanol–water partition coefficient (Wildman–Crippen LogP) is 1.92. The Labute approximate surface area is 107 Å². The molecule has 0 bridgehead atoms. The summed E-state index contributed by atoms with van der Waals surface area (Å²) in [4.78, 5) is 10.6. The molecule has 0 aliphatic heterocycles. The highest BCUT2D eigenvalue weighted by Crippen LogP contribution is 2.29. The summed E-state index contributed by atoms with van der Waals surface area (Å²) >= 11 is 1.35. The summed E-state index contributed by atoms with van der Waals surface area (Å²) in [7, 11) is 0. The van der Waals surface area contributed by atoms with Crippen LogP contribution in [0.2, 0.25) is 0 Å². The molecule has 2 rings (SSSR count). The third kappa shape index (κ3) is 2.95. The van der Waals surface area contributed by atoms with E-state index in [4.69, 9.17) is 5.11 Å². The van der Waals surface area contributed by atoms with Gasteiger partial charge in [-0.05, 0) is 24.6 Å². The largest absolute Gasteiger partial charge is 0.506 e. The fraction of sp³-hybridized carbons (Fsp3) is 0.182. The van der Waals surface area contributed by atoms with Crippen LogP contribution in [0.15, 0.2) is 18.2 Å². The smallest absolute Gasteiger partial charge is 0.307 e. The van der Waals surface area contributed by atoms with Gasteiger partial charge in [-0.1, -0.05) is 17.4 Å². The molecule has 18 heavy (non-hydrogen) atoms. The lowest BCUT2D eigenvalue weighted by Gasteiger charge is -2.06. The van der Waals surface area contributed by atoms with Gasteiger partial charge in [0.15, 0.2) is 0 Å². The molecule has 0 aliphatic carbocycles. The summed E-state index contributed by atoms with van der Waals surface area (Å²) in [6.07, 6.45) is -0.0931. The lowest BCUT2D eigenvalue weighted by atomic mass is 10.1. The van der Waals surface area contributed by atoms with Gasteiger partial charge in [0.1, 0.15) is 10.8 Å². The topological polar surface area (TPSA) is 95.3 Å². The number of benzene rings is 1. The molecule has 7 heteroatoms. The van der Waals surface area contributed by atoms with Crippen LogP contribution in [0.1, 0.15) is 10.6 Å². The summed E-state index contributed by atoms with van der Waals surface area (Å²) in [5, 5.41) is 30.4. The van der Waals surface area contributed by atoms with Crippen molar-refractivity contribution < 1.29 is 15.0 Å². The summed E-state index contributed by atoms with van der Waals surface area (Å²) in [5.74, 6) is -0.879. The molecule has 6 nitrogen and oxygen atoms in total. The van der Waals surface area contributed by atoms with E-state index >= 15 is 0 Å². The number of phenolic OH excluding ortho intramolecular Hbond substituents is 1. The Hall–Kier alpha value is -2.15. The van der Waals surface area contributed by atoms with E-state index < -0.39 is 5.97 Å². The van der Waals surface area contributed by atoms with E-state index in [9.17, 15) is 9.90 Å². The monoisotopic (exact) mass is 265 g/mol. The van der Waals surface area contributed by atoms with Crippen molar-refractivity contribution in [2.45, 2.75) is 13.3 Å². The first-order valence-corrected chi connectivity index (χ1v) is 5.97. The van der Waals surface area contributed by atoms with Gasteiger partial charge in [0, 0.05) is 0 Å². The van der Waals surface area contributed by atoms with E-state index in [0.29, 0.717) is 16.4 Å². The highest BCUT2D eigenvalue weighted by atomic mass is 32.1. The number of aliphatic carboxylic acids is 1. The minimum atomic E-state index is -0.918. The molecule has 0 atom stereocenters. The number of anilines is 2. The fourth-order valence-corrected chi connectivity index (χ4v) is 2.03. The highest BCUT2D eigenvalue weighted by Gasteiger charge is 2.08. The van der Waals surface area contributed by atoms with Crippen LogP contribution in [0.4, 0.5) is 10.8 Å². The molecule has 0 saturated carbocycles. The van der Waals surface area contributed by atoms with E-state index in [1.807, 2.05) is 6.92 Å². The number of carboxylic acids is 1. The van der Waals surface area contributed by atoms with Gasteiger partial charge < -0.3 is 15.5 Å². The number of rotatable bonds is 4. The van der Waals surface area contributed by atoms with Crippen LogP contribution >= 0.6 is 11.3 Å². The molecule has 0 fully saturated rings. The second-order valence-corrected chi connectivity index (χ2v) is 4.85. The van der Waals surface area contributed by atoms with E-state index in [2.05, 4.69) is 15.5 Å². The molecule has 2 aromatic rings. The first kappa shape index (κ1) is 12.3. The molecule has 94 valence electrons. The zero-order valence-electron chi connectivity index (χ0n) is 9.54. The number of nitrogens with one attached hydrogen (secondary N) is 1. The van der Waals surface area contributed by atoms with Gasteiger partial charge in [0.05, 0.1) is 12.1 Å². The van der Waals surface area contributed by atoms with E-state index in [1.54, 1.807) is 12.1 Å². The first-order valence-electron chi connectivity index (χ1n) is 5.15. The van der Waals surface area contributed by atoms with Crippen molar-refractivity contribution in [3.8, 4) is 5.75 Å². The van der Waals surface area contributed by atoms with Crippen molar-refractivity contribution in [2.75, 3.05) is 5.32 Å². The molecular formula is C11H11N3O3S. The van der Waals surface area contributed by atoms with Crippen molar-refractivity contribution >= 4 is 28.1 Å². The number of aryl methyl sites for hydroxylation is 1. The number of carbonyl (C=O) groups is 1. The molecule has 1 aromatic heterocycles.